The lowest BCUT2D eigenvalue weighted by Crippen LogP contribution is -2.51. The maximum Gasteiger partial charge on any atom is 0.234 e. The molecule has 2 aromatic rings. The minimum Gasteiger partial charge on any atom is -0.351 e. The first kappa shape index (κ1) is 21.4. The van der Waals surface area contributed by atoms with Crippen LogP contribution >= 0.6 is 0 Å². The number of halogens is 1. The van der Waals surface area contributed by atoms with E-state index in [0.717, 1.165) is 11.1 Å². The number of sulfonamides is 1. The van der Waals surface area contributed by atoms with Crippen LogP contribution < -0.4 is 5.32 Å². The van der Waals surface area contributed by atoms with Crippen LogP contribution in [0.15, 0.2) is 48.5 Å². The van der Waals surface area contributed by atoms with Crippen LogP contribution in [-0.4, -0.2) is 56.3 Å². The fraction of sp³-hybridized carbons (Fsp3) is 0.381. The molecule has 1 fully saturated rings. The molecule has 0 bridgehead atoms. The Morgan fingerprint density at radius 1 is 1.03 bits per heavy atom. The number of hydrogen-bond donors (Lipinski definition) is 1. The molecular formula is C21H26FN3O3S. The number of carbonyl (C=O) groups is 1. The van der Waals surface area contributed by atoms with Gasteiger partial charge in [-0.1, -0.05) is 42.5 Å². The van der Waals surface area contributed by atoms with Gasteiger partial charge in [-0.3, -0.25) is 9.69 Å². The zero-order chi connectivity index (χ0) is 20.9. The van der Waals surface area contributed by atoms with Crippen molar-refractivity contribution in [1.82, 2.24) is 14.5 Å². The van der Waals surface area contributed by atoms with Crippen LogP contribution in [0.4, 0.5) is 4.39 Å². The van der Waals surface area contributed by atoms with Crippen molar-refractivity contribution in [1.29, 1.82) is 0 Å². The summed E-state index contributed by atoms with van der Waals surface area (Å²) in [6, 6.07) is 13.9. The molecule has 0 unspecified atom stereocenters. The lowest BCUT2D eigenvalue weighted by molar-refractivity contribution is -0.122. The smallest absolute Gasteiger partial charge is 0.234 e. The van der Waals surface area contributed by atoms with Crippen LogP contribution in [0, 0.1) is 12.7 Å². The third-order valence-corrected chi connectivity index (χ3v) is 6.85. The lowest BCUT2D eigenvalue weighted by Gasteiger charge is -2.33. The number of hydrogen-bond acceptors (Lipinski definition) is 4. The Kier molecular flexibility index (Phi) is 7.00. The highest BCUT2D eigenvalue weighted by Crippen LogP contribution is 2.14. The zero-order valence-corrected chi connectivity index (χ0v) is 17.3. The molecule has 6 nitrogen and oxygen atoms in total. The van der Waals surface area contributed by atoms with Gasteiger partial charge in [-0.2, -0.15) is 4.31 Å². The summed E-state index contributed by atoms with van der Waals surface area (Å²) in [5, 5.41) is 2.83. The van der Waals surface area contributed by atoms with Crippen molar-refractivity contribution in [3.8, 4) is 0 Å². The van der Waals surface area contributed by atoms with Crippen molar-refractivity contribution >= 4 is 15.9 Å². The van der Waals surface area contributed by atoms with E-state index in [4.69, 9.17) is 0 Å². The second kappa shape index (κ2) is 9.47. The summed E-state index contributed by atoms with van der Waals surface area (Å²) in [6.45, 7) is 4.01. The van der Waals surface area contributed by atoms with E-state index in [1.165, 1.54) is 10.4 Å². The molecule has 1 amide bonds. The Morgan fingerprint density at radius 3 is 2.38 bits per heavy atom. The average molecular weight is 420 g/mol. The van der Waals surface area contributed by atoms with Gasteiger partial charge < -0.3 is 5.32 Å². The van der Waals surface area contributed by atoms with Gasteiger partial charge in [-0.25, -0.2) is 12.8 Å². The number of piperazine rings is 1. The van der Waals surface area contributed by atoms with E-state index >= 15 is 0 Å². The summed E-state index contributed by atoms with van der Waals surface area (Å²) in [5.74, 6) is -0.404. The van der Waals surface area contributed by atoms with Gasteiger partial charge in [0.25, 0.3) is 0 Å². The molecule has 0 saturated carbocycles. The van der Waals surface area contributed by atoms with E-state index in [-0.39, 0.29) is 24.0 Å². The van der Waals surface area contributed by atoms with Gasteiger partial charge in [0, 0.05) is 32.7 Å². The van der Waals surface area contributed by atoms with E-state index in [2.05, 4.69) is 5.32 Å². The van der Waals surface area contributed by atoms with Gasteiger partial charge in [0.1, 0.15) is 5.82 Å². The molecule has 29 heavy (non-hydrogen) atoms. The highest BCUT2D eigenvalue weighted by atomic mass is 32.2. The molecule has 1 N–H and O–H groups in total. The highest BCUT2D eigenvalue weighted by molar-refractivity contribution is 7.88. The normalized spacial score (nSPS) is 15.9. The molecule has 1 heterocycles. The van der Waals surface area contributed by atoms with E-state index in [0.29, 0.717) is 38.3 Å². The molecule has 1 aliphatic heterocycles. The maximum atomic E-state index is 13.3. The molecule has 0 atom stereocenters. The molecule has 1 saturated heterocycles. The van der Waals surface area contributed by atoms with Crippen molar-refractivity contribution in [2.45, 2.75) is 19.2 Å². The van der Waals surface area contributed by atoms with Crippen molar-refractivity contribution in [3.63, 3.8) is 0 Å². The Hall–Kier alpha value is -2.29. The summed E-state index contributed by atoms with van der Waals surface area (Å²) in [4.78, 5) is 14.1. The summed E-state index contributed by atoms with van der Waals surface area (Å²) < 4.78 is 40.0. The molecule has 3 rings (SSSR count). The molecule has 0 aromatic heterocycles. The maximum absolute atomic E-state index is 13.3. The van der Waals surface area contributed by atoms with Gasteiger partial charge >= 0.3 is 0 Å². The fourth-order valence-corrected chi connectivity index (χ4v) is 4.83. The topological polar surface area (TPSA) is 69.7 Å². The highest BCUT2D eigenvalue weighted by Gasteiger charge is 2.27. The lowest BCUT2D eigenvalue weighted by atomic mass is 10.1. The number of nitrogens with one attached hydrogen (secondary N) is 1. The van der Waals surface area contributed by atoms with Gasteiger partial charge in [0.05, 0.1) is 12.3 Å². The standard InChI is InChI=1S/C21H26FN3O3S/c1-17-13-19(7-8-20(17)22)14-23-21(26)15-24-9-11-25(12-10-24)29(27,28)16-18-5-3-2-4-6-18/h2-8,13H,9-12,14-16H2,1H3,(H,23,26). The summed E-state index contributed by atoms with van der Waals surface area (Å²) >= 11 is 0. The predicted octanol–water partition coefficient (Wildman–Crippen LogP) is 1.90. The van der Waals surface area contributed by atoms with E-state index < -0.39 is 10.0 Å². The Morgan fingerprint density at radius 2 is 1.72 bits per heavy atom. The SMILES string of the molecule is Cc1cc(CNC(=O)CN2CCN(S(=O)(=O)Cc3ccccc3)CC2)ccc1F. The molecule has 0 spiro atoms. The summed E-state index contributed by atoms with van der Waals surface area (Å²) in [5.41, 5.74) is 2.16. The molecule has 156 valence electrons. The van der Waals surface area contributed by atoms with Crippen LogP contribution in [0.2, 0.25) is 0 Å². The zero-order valence-electron chi connectivity index (χ0n) is 16.5. The third kappa shape index (κ3) is 6.09. The Labute approximate surface area is 171 Å². The van der Waals surface area contributed by atoms with E-state index in [9.17, 15) is 17.6 Å². The monoisotopic (exact) mass is 419 g/mol. The molecule has 1 aliphatic rings. The van der Waals surface area contributed by atoms with Crippen molar-refractivity contribution in [2.75, 3.05) is 32.7 Å². The van der Waals surface area contributed by atoms with Crippen LogP contribution in [0.1, 0.15) is 16.7 Å². The molecule has 0 aliphatic carbocycles. The van der Waals surface area contributed by atoms with Crippen LogP contribution in [-0.2, 0) is 27.1 Å². The van der Waals surface area contributed by atoms with Crippen molar-refractivity contribution in [2.24, 2.45) is 0 Å². The van der Waals surface area contributed by atoms with Crippen LogP contribution in [0.5, 0.6) is 0 Å². The van der Waals surface area contributed by atoms with Gasteiger partial charge in [-0.15, -0.1) is 0 Å². The summed E-state index contributed by atoms with van der Waals surface area (Å²) in [6.07, 6.45) is 0. The van der Waals surface area contributed by atoms with Crippen LogP contribution in [0.25, 0.3) is 0 Å². The summed E-state index contributed by atoms with van der Waals surface area (Å²) in [7, 11) is -3.37. The minimum absolute atomic E-state index is 0.00852. The second-order valence-corrected chi connectivity index (χ2v) is 9.25. The second-order valence-electron chi connectivity index (χ2n) is 7.28. The first-order valence-corrected chi connectivity index (χ1v) is 11.2. The number of aryl methyl sites for hydroxylation is 1. The van der Waals surface area contributed by atoms with Gasteiger partial charge in [0.2, 0.25) is 15.9 Å². The molecular weight excluding hydrogens is 393 g/mol. The molecule has 2 aromatic carbocycles. The van der Waals surface area contributed by atoms with Gasteiger partial charge in [-0.05, 0) is 29.7 Å². The number of carbonyl (C=O) groups excluding carboxylic acids is 1. The van der Waals surface area contributed by atoms with Gasteiger partial charge in [0.15, 0.2) is 0 Å². The quantitative estimate of drug-likeness (QED) is 0.744. The van der Waals surface area contributed by atoms with Crippen molar-refractivity contribution in [3.05, 3.63) is 71.0 Å². The third-order valence-electron chi connectivity index (χ3n) is 5.00. The molecule has 8 heteroatoms. The van der Waals surface area contributed by atoms with Crippen molar-refractivity contribution < 1.29 is 17.6 Å². The number of benzene rings is 2. The largest absolute Gasteiger partial charge is 0.351 e. The fourth-order valence-electron chi connectivity index (χ4n) is 3.32. The average Bonchev–Trinajstić information content (AvgIpc) is 2.70. The number of rotatable bonds is 7. The first-order valence-electron chi connectivity index (χ1n) is 9.59. The number of amides is 1. The Bertz CT molecular complexity index is 943. The predicted molar refractivity (Wildman–Crippen MR) is 110 cm³/mol. The first-order chi connectivity index (χ1) is 13.8. The number of nitrogens with zero attached hydrogens (tertiary/aromatic N) is 2. The Balaban J connectivity index is 1.44. The van der Waals surface area contributed by atoms with E-state index in [1.54, 1.807) is 31.2 Å². The van der Waals surface area contributed by atoms with Crippen LogP contribution in [0.3, 0.4) is 0 Å². The minimum atomic E-state index is -3.37. The molecule has 0 radical (unpaired) electrons. The van der Waals surface area contributed by atoms with E-state index in [1.807, 2.05) is 23.1 Å².